The van der Waals surface area contributed by atoms with Crippen molar-refractivity contribution < 1.29 is 14.3 Å². The lowest BCUT2D eigenvalue weighted by Crippen LogP contribution is -2.15. The zero-order chi connectivity index (χ0) is 22.3. The van der Waals surface area contributed by atoms with Gasteiger partial charge in [0.1, 0.15) is 5.52 Å². The van der Waals surface area contributed by atoms with E-state index in [1.165, 1.54) is 18.8 Å². The van der Waals surface area contributed by atoms with Crippen molar-refractivity contribution in [1.29, 1.82) is 0 Å². The Balaban J connectivity index is 2.02. The number of nitrogens with zero attached hydrogens (tertiary/aromatic N) is 3. The van der Waals surface area contributed by atoms with Gasteiger partial charge < -0.3 is 20.2 Å². The lowest BCUT2D eigenvalue weighted by atomic mass is 10.2. The Bertz CT molecular complexity index is 1400. The van der Waals surface area contributed by atoms with Gasteiger partial charge in [-0.1, -0.05) is 23.2 Å². The van der Waals surface area contributed by atoms with Crippen molar-refractivity contribution in [2.75, 3.05) is 14.2 Å². The van der Waals surface area contributed by atoms with E-state index in [9.17, 15) is 9.59 Å². The maximum atomic E-state index is 12.8. The number of hydrogen-bond donors (Lipinski definition) is 2. The Morgan fingerprint density at radius 2 is 1.77 bits per heavy atom. The maximum Gasteiger partial charge on any atom is 0.332 e. The van der Waals surface area contributed by atoms with Crippen molar-refractivity contribution in [2.45, 2.75) is 0 Å². The van der Waals surface area contributed by atoms with Gasteiger partial charge in [-0.25, -0.2) is 19.3 Å². The number of ether oxygens (including phenoxy) is 2. The first-order chi connectivity index (χ1) is 14.8. The molecule has 31 heavy (non-hydrogen) atoms. The lowest BCUT2D eigenvalue weighted by molar-refractivity contribution is 0.0997. The van der Waals surface area contributed by atoms with Crippen LogP contribution in [0.25, 0.3) is 28.2 Å². The van der Waals surface area contributed by atoms with Gasteiger partial charge in [0.05, 0.1) is 30.0 Å². The molecule has 0 aliphatic heterocycles. The van der Waals surface area contributed by atoms with Crippen molar-refractivity contribution in [1.82, 2.24) is 19.5 Å². The number of amides is 1. The van der Waals surface area contributed by atoms with Crippen LogP contribution in [0.4, 0.5) is 0 Å². The number of hydrogen-bond acceptors (Lipinski definition) is 6. The number of primary amides is 1. The number of aromatic nitrogens is 4. The fourth-order valence-electron chi connectivity index (χ4n) is 3.13. The monoisotopic (exact) mass is 459 g/mol. The number of aromatic amines is 1. The summed E-state index contributed by atoms with van der Waals surface area (Å²) in [5.41, 5.74) is 6.03. The van der Waals surface area contributed by atoms with Crippen molar-refractivity contribution in [3.05, 3.63) is 62.6 Å². The van der Waals surface area contributed by atoms with Gasteiger partial charge in [0.25, 0.3) is 5.91 Å². The van der Waals surface area contributed by atoms with E-state index in [1.807, 2.05) is 0 Å². The van der Waals surface area contributed by atoms with E-state index in [2.05, 4.69) is 15.0 Å². The van der Waals surface area contributed by atoms with Gasteiger partial charge in [-0.3, -0.25) is 4.79 Å². The van der Waals surface area contributed by atoms with Crippen LogP contribution in [-0.4, -0.2) is 39.6 Å². The number of carbonyl (C=O) groups excluding carboxylic acids is 1. The van der Waals surface area contributed by atoms with Gasteiger partial charge >= 0.3 is 5.69 Å². The smallest absolute Gasteiger partial charge is 0.332 e. The van der Waals surface area contributed by atoms with E-state index in [1.54, 1.807) is 36.4 Å². The Labute approximate surface area is 185 Å². The second-order valence-electron chi connectivity index (χ2n) is 6.39. The average Bonchev–Trinajstić information content (AvgIpc) is 3.09. The summed E-state index contributed by atoms with van der Waals surface area (Å²) in [6, 6.07) is 9.69. The van der Waals surface area contributed by atoms with Crippen LogP contribution in [0.5, 0.6) is 11.5 Å². The second-order valence-corrected chi connectivity index (χ2v) is 7.21. The number of methoxy groups -OCH3 is 2. The molecule has 3 N–H and O–H groups in total. The Kier molecular flexibility index (Phi) is 5.30. The third-order valence-corrected chi connectivity index (χ3v) is 5.31. The average molecular weight is 460 g/mol. The fraction of sp³-hybridized carbons (Fsp3) is 0.100. The molecule has 0 spiro atoms. The van der Waals surface area contributed by atoms with E-state index in [0.717, 1.165) is 0 Å². The summed E-state index contributed by atoms with van der Waals surface area (Å²) in [6.45, 7) is 0. The second kappa shape index (κ2) is 7.93. The van der Waals surface area contributed by atoms with Crippen LogP contribution in [0, 0.1) is 0 Å². The Morgan fingerprint density at radius 3 is 2.42 bits per heavy atom. The minimum atomic E-state index is -0.825. The number of carbonyl (C=O) groups is 1. The zero-order valence-corrected chi connectivity index (χ0v) is 17.8. The van der Waals surface area contributed by atoms with E-state index in [4.69, 9.17) is 38.4 Å². The van der Waals surface area contributed by atoms with Crippen LogP contribution in [0.15, 0.2) is 41.2 Å². The molecule has 2 heterocycles. The van der Waals surface area contributed by atoms with Gasteiger partial charge in [-0.2, -0.15) is 0 Å². The van der Waals surface area contributed by atoms with Crippen LogP contribution < -0.4 is 20.9 Å². The molecule has 4 rings (SSSR count). The highest BCUT2D eigenvalue weighted by Gasteiger charge is 2.21. The first-order valence-corrected chi connectivity index (χ1v) is 9.60. The molecule has 158 valence electrons. The van der Waals surface area contributed by atoms with Crippen LogP contribution in [0.2, 0.25) is 10.0 Å². The Hall–Kier alpha value is -3.56. The quantitative estimate of drug-likeness (QED) is 0.471. The first kappa shape index (κ1) is 20.7. The van der Waals surface area contributed by atoms with Crippen LogP contribution in [0.3, 0.4) is 0 Å². The highest BCUT2D eigenvalue weighted by atomic mass is 35.5. The summed E-state index contributed by atoms with van der Waals surface area (Å²) in [5, 5.41) is 0.639. The molecule has 9 nitrogen and oxygen atoms in total. The zero-order valence-electron chi connectivity index (χ0n) is 16.3. The summed E-state index contributed by atoms with van der Waals surface area (Å²) in [4.78, 5) is 36.2. The third kappa shape index (κ3) is 3.58. The van der Waals surface area contributed by atoms with Crippen molar-refractivity contribution >= 4 is 40.3 Å². The highest BCUT2D eigenvalue weighted by molar-refractivity contribution is 6.42. The maximum absolute atomic E-state index is 12.8. The van der Waals surface area contributed by atoms with Crippen LogP contribution in [-0.2, 0) is 0 Å². The molecule has 0 saturated heterocycles. The molecule has 0 atom stereocenters. The molecule has 1 amide bonds. The number of benzene rings is 2. The molecule has 11 heteroatoms. The number of nitrogens with one attached hydrogen (secondary N) is 1. The van der Waals surface area contributed by atoms with Crippen LogP contribution in [0.1, 0.15) is 10.5 Å². The molecule has 0 saturated carbocycles. The number of nitrogens with two attached hydrogens (primary N) is 1. The largest absolute Gasteiger partial charge is 0.493 e. The standard InChI is InChI=1S/C20H15Cl2N5O4/c1-30-13-6-4-10(8-14(13)31-2)27-19-16(25-20(27)29)15(17(23)28)24-18(26-19)9-3-5-11(21)12(22)7-9/h3-8H,1-2H3,(H2,23,28)(H,25,29). The highest BCUT2D eigenvalue weighted by Crippen LogP contribution is 2.31. The normalized spacial score (nSPS) is 11.0. The number of halogens is 2. The van der Waals surface area contributed by atoms with E-state index >= 15 is 0 Å². The summed E-state index contributed by atoms with van der Waals surface area (Å²) in [6.07, 6.45) is 0. The van der Waals surface area contributed by atoms with Gasteiger partial charge in [-0.05, 0) is 30.3 Å². The summed E-state index contributed by atoms with van der Waals surface area (Å²) >= 11 is 12.1. The van der Waals surface area contributed by atoms with E-state index < -0.39 is 11.6 Å². The summed E-state index contributed by atoms with van der Waals surface area (Å²) in [5.74, 6) is 0.223. The predicted octanol–water partition coefficient (Wildman–Crippen LogP) is 3.20. The van der Waals surface area contributed by atoms with Crippen molar-refractivity contribution in [3.63, 3.8) is 0 Å². The molecule has 0 radical (unpaired) electrons. The Morgan fingerprint density at radius 1 is 1.03 bits per heavy atom. The molecule has 2 aromatic heterocycles. The predicted molar refractivity (Wildman–Crippen MR) is 117 cm³/mol. The summed E-state index contributed by atoms with van der Waals surface area (Å²) < 4.78 is 11.9. The molecule has 0 fully saturated rings. The lowest BCUT2D eigenvalue weighted by Gasteiger charge is -2.10. The van der Waals surface area contributed by atoms with Gasteiger partial charge in [0, 0.05) is 11.6 Å². The van der Waals surface area contributed by atoms with E-state index in [0.29, 0.717) is 27.8 Å². The molecule has 0 aliphatic rings. The molecule has 0 unspecified atom stereocenters. The minimum absolute atomic E-state index is 0.107. The molecule has 0 aliphatic carbocycles. The number of fused-ring (bicyclic) bond motifs is 1. The SMILES string of the molecule is COc1ccc(-n2c(=O)[nH]c3c(C(N)=O)nc(-c4ccc(Cl)c(Cl)c4)nc32)cc1OC. The fourth-order valence-corrected chi connectivity index (χ4v) is 3.43. The van der Waals surface area contributed by atoms with E-state index in [-0.39, 0.29) is 27.7 Å². The van der Waals surface area contributed by atoms with Crippen molar-refractivity contribution in [2.24, 2.45) is 5.73 Å². The number of imidazole rings is 1. The molecular weight excluding hydrogens is 445 g/mol. The molecule has 4 aromatic rings. The molecule has 0 bridgehead atoms. The van der Waals surface area contributed by atoms with Gasteiger partial charge in [-0.15, -0.1) is 0 Å². The molecule has 2 aromatic carbocycles. The summed E-state index contributed by atoms with van der Waals surface area (Å²) in [7, 11) is 2.99. The van der Waals surface area contributed by atoms with Crippen LogP contribution >= 0.6 is 23.2 Å². The topological polar surface area (TPSA) is 125 Å². The first-order valence-electron chi connectivity index (χ1n) is 8.84. The van der Waals surface area contributed by atoms with Crippen molar-refractivity contribution in [3.8, 4) is 28.6 Å². The van der Waals surface area contributed by atoms with Gasteiger partial charge in [0.2, 0.25) is 0 Å². The van der Waals surface area contributed by atoms with Gasteiger partial charge in [0.15, 0.2) is 28.7 Å². The third-order valence-electron chi connectivity index (χ3n) is 4.57. The molecular formula is C20H15Cl2N5O4. The number of rotatable bonds is 5. The number of H-pyrrole nitrogens is 1. The minimum Gasteiger partial charge on any atom is -0.493 e.